The van der Waals surface area contributed by atoms with Crippen LogP contribution >= 0.6 is 34.7 Å². The Hall–Kier alpha value is -2.69. The van der Waals surface area contributed by atoms with Crippen molar-refractivity contribution < 1.29 is 9.72 Å². The van der Waals surface area contributed by atoms with Crippen LogP contribution in [-0.2, 0) is 11.3 Å². The molecule has 0 radical (unpaired) electrons. The minimum absolute atomic E-state index is 0.0105. The quantitative estimate of drug-likeness (QED) is 0.216. The number of rotatable bonds is 8. The summed E-state index contributed by atoms with van der Waals surface area (Å²) in [6.07, 6.45) is 1.75. The number of hydrogen-bond acceptors (Lipinski definition) is 7. The molecule has 1 N–H and O–H groups in total. The van der Waals surface area contributed by atoms with Gasteiger partial charge in [-0.25, -0.2) is 0 Å². The van der Waals surface area contributed by atoms with E-state index in [0.717, 1.165) is 17.0 Å². The van der Waals surface area contributed by atoms with Gasteiger partial charge in [-0.1, -0.05) is 29.4 Å². The van der Waals surface area contributed by atoms with Crippen molar-refractivity contribution in [3.05, 3.63) is 61.8 Å². The van der Waals surface area contributed by atoms with E-state index in [1.54, 1.807) is 17.4 Å². The van der Waals surface area contributed by atoms with Gasteiger partial charge >= 0.3 is 0 Å². The minimum Gasteiger partial charge on any atom is -0.325 e. The highest BCUT2D eigenvalue weighted by Crippen LogP contribution is 2.32. The van der Waals surface area contributed by atoms with Crippen LogP contribution in [0.15, 0.2) is 41.4 Å². The molecule has 0 saturated carbocycles. The first-order valence-corrected chi connectivity index (χ1v) is 11.0. The van der Waals surface area contributed by atoms with Crippen LogP contribution in [0.4, 0.5) is 11.4 Å². The van der Waals surface area contributed by atoms with Gasteiger partial charge in [0, 0.05) is 34.1 Å². The van der Waals surface area contributed by atoms with Crippen LogP contribution in [0.25, 0.3) is 11.4 Å². The number of benzene rings is 1. The summed E-state index contributed by atoms with van der Waals surface area (Å²) in [5, 5.41) is 24.8. The third-order valence-corrected chi connectivity index (χ3v) is 6.61. The summed E-state index contributed by atoms with van der Waals surface area (Å²) in [5.74, 6) is 0.467. The van der Waals surface area contributed by atoms with E-state index in [2.05, 4.69) is 29.0 Å². The maximum atomic E-state index is 12.3. The predicted molar refractivity (Wildman–Crippen MR) is 120 cm³/mol. The lowest BCUT2D eigenvalue weighted by atomic mass is 10.1. The van der Waals surface area contributed by atoms with Crippen molar-refractivity contribution in [1.29, 1.82) is 0 Å². The Morgan fingerprint density at radius 1 is 1.43 bits per heavy atom. The summed E-state index contributed by atoms with van der Waals surface area (Å²) >= 11 is 8.68. The molecule has 0 fully saturated rings. The maximum absolute atomic E-state index is 12.3. The van der Waals surface area contributed by atoms with Crippen molar-refractivity contribution in [3.8, 4) is 11.4 Å². The van der Waals surface area contributed by atoms with Crippen molar-refractivity contribution in [2.75, 3.05) is 11.1 Å². The predicted octanol–water partition coefficient (Wildman–Crippen LogP) is 5.10. The first kappa shape index (κ1) is 22.0. The van der Waals surface area contributed by atoms with E-state index >= 15 is 0 Å². The fraction of sp³-hybridized carbons (Fsp3) is 0.211. The Morgan fingerprint density at radius 3 is 2.83 bits per heavy atom. The Labute approximate surface area is 186 Å². The number of carbonyl (C=O) groups is 1. The van der Waals surface area contributed by atoms with Crippen molar-refractivity contribution in [3.63, 3.8) is 0 Å². The fourth-order valence-corrected chi connectivity index (χ4v) is 4.48. The number of allylic oxidation sites excluding steroid dienone is 1. The average molecular weight is 464 g/mol. The first-order valence-electron chi connectivity index (χ1n) is 8.77. The van der Waals surface area contributed by atoms with Gasteiger partial charge in [0.15, 0.2) is 11.0 Å². The number of thiophene rings is 1. The number of nitro groups is 1. The fourth-order valence-electron chi connectivity index (χ4n) is 2.68. The molecule has 3 rings (SSSR count). The number of amides is 1. The summed E-state index contributed by atoms with van der Waals surface area (Å²) in [7, 11) is 0. The van der Waals surface area contributed by atoms with Gasteiger partial charge in [-0.2, -0.15) is 0 Å². The summed E-state index contributed by atoms with van der Waals surface area (Å²) in [6, 6.07) is 4.11. The molecule has 0 aliphatic rings. The molecule has 1 aromatic carbocycles. The summed E-state index contributed by atoms with van der Waals surface area (Å²) < 4.78 is 1.91. The Bertz CT molecular complexity index is 1130. The Balaban J connectivity index is 1.73. The third-order valence-electron chi connectivity index (χ3n) is 4.31. The van der Waals surface area contributed by atoms with E-state index in [1.165, 1.54) is 34.8 Å². The first-order chi connectivity index (χ1) is 14.3. The highest BCUT2D eigenvalue weighted by atomic mass is 35.5. The number of aryl methyl sites for hydroxylation is 1. The molecule has 0 spiro atoms. The van der Waals surface area contributed by atoms with Gasteiger partial charge in [-0.05, 0) is 31.5 Å². The summed E-state index contributed by atoms with van der Waals surface area (Å²) in [5.41, 5.74) is 2.20. The van der Waals surface area contributed by atoms with Crippen molar-refractivity contribution >= 4 is 52.0 Å². The van der Waals surface area contributed by atoms with Gasteiger partial charge in [0.2, 0.25) is 5.91 Å². The Kier molecular flexibility index (Phi) is 6.91. The topological polar surface area (TPSA) is 103 Å². The number of thioether (sulfide) groups is 1. The van der Waals surface area contributed by atoms with E-state index in [9.17, 15) is 14.9 Å². The number of nitro benzene ring substituents is 1. The molecule has 0 aliphatic carbocycles. The lowest BCUT2D eigenvalue weighted by Gasteiger charge is -2.08. The molecule has 0 saturated heterocycles. The standard InChI is InChI=1S/C19H18ClN5O3S2/c1-4-7-24-18(14-9-29-12(3)11(14)2)22-23-19(24)30-10-17(26)21-13-5-6-15(20)16(8-13)25(27)28/h4-6,8-9H,1,7,10H2,2-3H3,(H,21,26). The number of carbonyl (C=O) groups excluding carboxylic acids is 1. The number of halogens is 1. The molecule has 0 unspecified atom stereocenters. The van der Waals surface area contributed by atoms with Crippen LogP contribution in [0.1, 0.15) is 10.4 Å². The summed E-state index contributed by atoms with van der Waals surface area (Å²) in [6.45, 7) is 8.39. The van der Waals surface area contributed by atoms with E-state index in [1.807, 2.05) is 16.9 Å². The molecule has 0 aliphatic heterocycles. The van der Waals surface area contributed by atoms with Gasteiger partial charge in [0.05, 0.1) is 10.7 Å². The second-order valence-corrected chi connectivity index (χ2v) is 8.73. The van der Waals surface area contributed by atoms with Gasteiger partial charge in [-0.3, -0.25) is 19.5 Å². The lowest BCUT2D eigenvalue weighted by molar-refractivity contribution is -0.384. The SMILES string of the molecule is C=CCn1c(SCC(=O)Nc2ccc(Cl)c([N+](=O)[O-])c2)nnc1-c1csc(C)c1C. The highest BCUT2D eigenvalue weighted by molar-refractivity contribution is 7.99. The number of nitrogens with one attached hydrogen (secondary N) is 1. The van der Waals surface area contributed by atoms with Gasteiger partial charge < -0.3 is 5.32 Å². The lowest BCUT2D eigenvalue weighted by Crippen LogP contribution is -2.15. The van der Waals surface area contributed by atoms with E-state index in [0.29, 0.717) is 17.4 Å². The molecular weight excluding hydrogens is 446 g/mol. The van der Waals surface area contributed by atoms with Crippen LogP contribution in [0.3, 0.4) is 0 Å². The largest absolute Gasteiger partial charge is 0.325 e. The van der Waals surface area contributed by atoms with E-state index in [4.69, 9.17) is 11.6 Å². The van der Waals surface area contributed by atoms with Gasteiger partial charge in [0.25, 0.3) is 5.69 Å². The van der Waals surface area contributed by atoms with Crippen LogP contribution in [-0.4, -0.2) is 31.3 Å². The smallest absolute Gasteiger partial charge is 0.289 e. The zero-order valence-corrected chi connectivity index (χ0v) is 18.6. The van der Waals surface area contributed by atoms with Crippen LogP contribution in [0.2, 0.25) is 5.02 Å². The minimum atomic E-state index is -0.597. The molecule has 3 aromatic rings. The molecule has 2 aromatic heterocycles. The van der Waals surface area contributed by atoms with Gasteiger partial charge in [0.1, 0.15) is 5.02 Å². The molecule has 30 heavy (non-hydrogen) atoms. The molecular formula is C19H18ClN5O3S2. The zero-order valence-electron chi connectivity index (χ0n) is 16.2. The maximum Gasteiger partial charge on any atom is 0.289 e. The average Bonchev–Trinajstić information content (AvgIpc) is 3.25. The molecule has 0 bridgehead atoms. The van der Waals surface area contributed by atoms with Gasteiger partial charge in [-0.15, -0.1) is 28.1 Å². The highest BCUT2D eigenvalue weighted by Gasteiger charge is 2.19. The molecule has 8 nitrogen and oxygen atoms in total. The number of nitrogens with zero attached hydrogens (tertiary/aromatic N) is 4. The molecule has 156 valence electrons. The monoisotopic (exact) mass is 463 g/mol. The second-order valence-electron chi connectivity index (χ2n) is 6.30. The Morgan fingerprint density at radius 2 is 2.20 bits per heavy atom. The molecule has 2 heterocycles. The molecule has 1 amide bonds. The van der Waals surface area contributed by atoms with E-state index in [-0.39, 0.29) is 22.4 Å². The van der Waals surface area contributed by atoms with Crippen molar-refractivity contribution in [1.82, 2.24) is 14.8 Å². The number of anilines is 1. The number of aromatic nitrogens is 3. The van der Waals surface area contributed by atoms with Crippen molar-refractivity contribution in [2.24, 2.45) is 0 Å². The van der Waals surface area contributed by atoms with Crippen LogP contribution < -0.4 is 5.32 Å². The summed E-state index contributed by atoms with van der Waals surface area (Å²) in [4.78, 5) is 24.0. The number of hydrogen-bond donors (Lipinski definition) is 1. The van der Waals surface area contributed by atoms with E-state index < -0.39 is 4.92 Å². The van der Waals surface area contributed by atoms with Crippen LogP contribution in [0.5, 0.6) is 0 Å². The molecule has 11 heteroatoms. The normalized spacial score (nSPS) is 10.8. The van der Waals surface area contributed by atoms with Crippen LogP contribution in [0, 0.1) is 24.0 Å². The molecule has 0 atom stereocenters. The zero-order chi connectivity index (χ0) is 21.8. The third kappa shape index (κ3) is 4.72. The second kappa shape index (κ2) is 9.41. The van der Waals surface area contributed by atoms with Crippen molar-refractivity contribution in [2.45, 2.75) is 25.5 Å².